The minimum absolute atomic E-state index is 0.0150. The van der Waals surface area contributed by atoms with Crippen molar-refractivity contribution in [1.29, 1.82) is 0 Å². The molecule has 92 valence electrons. The number of rotatable bonds is 4. The first kappa shape index (κ1) is 12.2. The van der Waals surface area contributed by atoms with Crippen LogP contribution in [0.15, 0.2) is 30.6 Å². The van der Waals surface area contributed by atoms with Gasteiger partial charge in [-0.05, 0) is 18.6 Å². The maximum Gasteiger partial charge on any atom is 0.255 e. The Morgan fingerprint density at radius 2 is 2.44 bits per heavy atom. The summed E-state index contributed by atoms with van der Waals surface area (Å²) < 4.78 is 1.68. The van der Waals surface area contributed by atoms with E-state index in [4.69, 9.17) is 6.42 Å². The Balaban J connectivity index is 2.21. The van der Waals surface area contributed by atoms with Crippen LogP contribution in [0.1, 0.15) is 30.1 Å². The van der Waals surface area contributed by atoms with Crippen LogP contribution in [0, 0.1) is 12.3 Å². The van der Waals surface area contributed by atoms with Crippen LogP contribution in [-0.4, -0.2) is 21.6 Å². The molecule has 0 saturated carbocycles. The summed E-state index contributed by atoms with van der Waals surface area (Å²) in [5, 5.41) is 7.06. The summed E-state index contributed by atoms with van der Waals surface area (Å²) in [6.45, 7) is 2.00. The van der Waals surface area contributed by atoms with Crippen LogP contribution in [0.3, 0.4) is 0 Å². The first-order valence-electron chi connectivity index (χ1n) is 5.93. The largest absolute Gasteiger partial charge is 0.348 e. The zero-order chi connectivity index (χ0) is 13.0. The van der Waals surface area contributed by atoms with E-state index in [0.29, 0.717) is 12.0 Å². The molecule has 2 aromatic heterocycles. The smallest absolute Gasteiger partial charge is 0.255 e. The highest BCUT2D eigenvalue weighted by molar-refractivity contribution is 6.00. The molecule has 2 aromatic rings. The van der Waals surface area contributed by atoms with Crippen molar-refractivity contribution < 1.29 is 4.79 Å². The molecule has 4 nitrogen and oxygen atoms in total. The predicted molar refractivity (Wildman–Crippen MR) is 70.2 cm³/mol. The van der Waals surface area contributed by atoms with Crippen molar-refractivity contribution in [1.82, 2.24) is 14.9 Å². The maximum absolute atomic E-state index is 12.1. The normalized spacial score (nSPS) is 12.0. The molecule has 0 aliphatic rings. The average Bonchev–Trinajstić information content (AvgIpc) is 2.82. The lowest BCUT2D eigenvalue weighted by molar-refractivity contribution is 0.0938. The lowest BCUT2D eigenvalue weighted by Gasteiger charge is -2.13. The summed E-state index contributed by atoms with van der Waals surface area (Å²) in [6.07, 6.45) is 10.0. The third kappa shape index (κ3) is 2.35. The van der Waals surface area contributed by atoms with Gasteiger partial charge in [0.15, 0.2) is 0 Å². The number of carbonyl (C=O) groups is 1. The van der Waals surface area contributed by atoms with Gasteiger partial charge in [0.05, 0.1) is 17.3 Å². The van der Waals surface area contributed by atoms with Crippen LogP contribution in [-0.2, 0) is 0 Å². The van der Waals surface area contributed by atoms with Crippen LogP contribution < -0.4 is 5.32 Å². The molecule has 1 unspecified atom stereocenters. The van der Waals surface area contributed by atoms with E-state index in [9.17, 15) is 4.79 Å². The van der Waals surface area contributed by atoms with Gasteiger partial charge >= 0.3 is 0 Å². The zero-order valence-electron chi connectivity index (χ0n) is 10.3. The van der Waals surface area contributed by atoms with Gasteiger partial charge in [-0.15, -0.1) is 12.3 Å². The summed E-state index contributed by atoms with van der Waals surface area (Å²) in [6, 6.07) is 5.63. The molecule has 18 heavy (non-hydrogen) atoms. The monoisotopic (exact) mass is 241 g/mol. The van der Waals surface area contributed by atoms with E-state index < -0.39 is 0 Å². The zero-order valence-corrected chi connectivity index (χ0v) is 10.3. The molecular weight excluding hydrogens is 226 g/mol. The SMILES string of the molecule is C#CCC(CC)NC(=O)c1cnn2ccccc12. The third-order valence-corrected chi connectivity index (χ3v) is 2.86. The van der Waals surface area contributed by atoms with E-state index in [1.54, 1.807) is 10.7 Å². The van der Waals surface area contributed by atoms with Crippen LogP contribution in [0.5, 0.6) is 0 Å². The minimum atomic E-state index is -0.127. The number of amides is 1. The highest BCUT2D eigenvalue weighted by atomic mass is 16.1. The van der Waals surface area contributed by atoms with Crippen molar-refractivity contribution in [3.63, 3.8) is 0 Å². The number of pyridine rings is 1. The lowest BCUT2D eigenvalue weighted by atomic mass is 10.1. The molecule has 0 spiro atoms. The van der Waals surface area contributed by atoms with Gasteiger partial charge in [0.25, 0.3) is 5.91 Å². The molecule has 1 amide bonds. The van der Waals surface area contributed by atoms with Crippen LogP contribution in [0.4, 0.5) is 0 Å². The number of hydrogen-bond acceptors (Lipinski definition) is 2. The number of terminal acetylenes is 1. The molecule has 0 fully saturated rings. The fraction of sp³-hybridized carbons (Fsp3) is 0.286. The number of hydrogen-bond donors (Lipinski definition) is 1. The highest BCUT2D eigenvalue weighted by Crippen LogP contribution is 2.10. The van der Waals surface area contributed by atoms with Gasteiger partial charge < -0.3 is 5.32 Å². The molecule has 0 aliphatic carbocycles. The summed E-state index contributed by atoms with van der Waals surface area (Å²) in [5.74, 6) is 2.44. The maximum atomic E-state index is 12.1. The molecular formula is C14H15N3O. The number of carbonyl (C=O) groups excluding carboxylic acids is 1. The Morgan fingerprint density at radius 3 is 3.17 bits per heavy atom. The van der Waals surface area contributed by atoms with Crippen molar-refractivity contribution in [2.45, 2.75) is 25.8 Å². The van der Waals surface area contributed by atoms with E-state index in [2.05, 4.69) is 16.3 Å². The van der Waals surface area contributed by atoms with Crippen LogP contribution in [0.25, 0.3) is 5.52 Å². The molecule has 0 saturated heterocycles. The molecule has 0 bridgehead atoms. The third-order valence-electron chi connectivity index (χ3n) is 2.86. The van der Waals surface area contributed by atoms with Gasteiger partial charge in [-0.1, -0.05) is 13.0 Å². The number of nitrogens with zero attached hydrogens (tertiary/aromatic N) is 2. The molecule has 1 atom stereocenters. The Hall–Kier alpha value is -2.28. The Kier molecular flexibility index (Phi) is 3.63. The molecule has 0 aliphatic heterocycles. The fourth-order valence-electron chi connectivity index (χ4n) is 1.81. The molecule has 0 radical (unpaired) electrons. The lowest BCUT2D eigenvalue weighted by Crippen LogP contribution is -2.34. The minimum Gasteiger partial charge on any atom is -0.348 e. The highest BCUT2D eigenvalue weighted by Gasteiger charge is 2.15. The standard InChI is InChI=1S/C14H15N3O/c1-3-7-11(4-2)16-14(18)12-10-15-17-9-6-5-8-13(12)17/h1,5-6,8-11H,4,7H2,2H3,(H,16,18). The molecule has 2 heterocycles. The Bertz CT molecular complexity index is 594. The molecule has 2 rings (SSSR count). The fourth-order valence-corrected chi connectivity index (χ4v) is 1.81. The summed E-state index contributed by atoms with van der Waals surface area (Å²) in [5.41, 5.74) is 1.37. The van der Waals surface area contributed by atoms with E-state index in [1.807, 2.05) is 31.3 Å². The predicted octanol–water partition coefficient (Wildman–Crippen LogP) is 1.87. The first-order valence-corrected chi connectivity index (χ1v) is 5.93. The summed E-state index contributed by atoms with van der Waals surface area (Å²) in [7, 11) is 0. The average molecular weight is 241 g/mol. The van der Waals surface area contributed by atoms with E-state index in [0.717, 1.165) is 11.9 Å². The quantitative estimate of drug-likeness (QED) is 0.831. The second kappa shape index (κ2) is 5.37. The molecule has 0 aromatic carbocycles. The summed E-state index contributed by atoms with van der Waals surface area (Å²) >= 11 is 0. The van der Waals surface area contributed by atoms with Gasteiger partial charge in [-0.2, -0.15) is 5.10 Å². The van der Waals surface area contributed by atoms with Gasteiger partial charge in [0.1, 0.15) is 0 Å². The van der Waals surface area contributed by atoms with Crippen molar-refractivity contribution in [2.75, 3.05) is 0 Å². The molecule has 1 N–H and O–H groups in total. The number of nitrogens with one attached hydrogen (secondary N) is 1. The van der Waals surface area contributed by atoms with E-state index >= 15 is 0 Å². The Morgan fingerprint density at radius 1 is 1.61 bits per heavy atom. The van der Waals surface area contributed by atoms with Crippen molar-refractivity contribution in [3.05, 3.63) is 36.2 Å². The van der Waals surface area contributed by atoms with Crippen LogP contribution >= 0.6 is 0 Å². The topological polar surface area (TPSA) is 46.4 Å². The van der Waals surface area contributed by atoms with Gasteiger partial charge in [0.2, 0.25) is 0 Å². The van der Waals surface area contributed by atoms with Gasteiger partial charge in [-0.3, -0.25) is 4.79 Å². The number of fused-ring (bicyclic) bond motifs is 1. The second-order valence-corrected chi connectivity index (χ2v) is 4.08. The van der Waals surface area contributed by atoms with E-state index in [1.165, 1.54) is 0 Å². The van der Waals surface area contributed by atoms with Gasteiger partial charge in [-0.25, -0.2) is 4.52 Å². The molecule has 4 heteroatoms. The van der Waals surface area contributed by atoms with Crippen molar-refractivity contribution in [3.8, 4) is 12.3 Å². The van der Waals surface area contributed by atoms with Crippen LogP contribution in [0.2, 0.25) is 0 Å². The summed E-state index contributed by atoms with van der Waals surface area (Å²) in [4.78, 5) is 12.1. The van der Waals surface area contributed by atoms with Crippen molar-refractivity contribution >= 4 is 11.4 Å². The number of aromatic nitrogens is 2. The first-order chi connectivity index (χ1) is 8.76. The van der Waals surface area contributed by atoms with E-state index in [-0.39, 0.29) is 11.9 Å². The van der Waals surface area contributed by atoms with Crippen molar-refractivity contribution in [2.24, 2.45) is 0 Å². The van der Waals surface area contributed by atoms with Gasteiger partial charge in [0, 0.05) is 18.7 Å². The Labute approximate surface area is 106 Å². The second-order valence-electron chi connectivity index (χ2n) is 4.08.